The van der Waals surface area contributed by atoms with Gasteiger partial charge in [0, 0.05) is 18.9 Å². The molecular weight excluding hydrogens is 695 g/mol. The average molecular weight is 778 g/mol. The van der Waals surface area contributed by atoms with Crippen molar-refractivity contribution in [2.24, 2.45) is 5.92 Å². The van der Waals surface area contributed by atoms with Crippen molar-refractivity contribution in [1.29, 1.82) is 0 Å². The molecule has 9 heteroatoms. The van der Waals surface area contributed by atoms with Crippen molar-refractivity contribution in [3.8, 4) is 0 Å². The summed E-state index contributed by atoms with van der Waals surface area (Å²) in [5.74, 6) is -0.913. The highest BCUT2D eigenvalue weighted by atomic mass is 16.5. The third-order valence-corrected chi connectivity index (χ3v) is 11.8. The average Bonchev–Trinajstić information content (AvgIpc) is 3.19. The quantitative estimate of drug-likeness (QED) is 0.0341. The fraction of sp³-hybridized carbons (Fsp3) is 0.848. The minimum Gasteiger partial charge on any atom is -0.396 e. The Balaban J connectivity index is 1.57. The number of unbranched alkanes of at least 4 members (excludes halogenated alkanes) is 22. The molecule has 8 atom stereocenters. The zero-order valence-corrected chi connectivity index (χ0v) is 34.7. The van der Waals surface area contributed by atoms with E-state index in [0.29, 0.717) is 19.3 Å². The Kier molecular flexibility index (Phi) is 29.2. The highest BCUT2D eigenvalue weighted by Gasteiger charge is 2.43. The normalized spacial score (nSPS) is 21.7. The highest BCUT2D eigenvalue weighted by molar-refractivity contribution is 5.76. The summed E-state index contributed by atoms with van der Waals surface area (Å²) >= 11 is 0. The lowest BCUT2D eigenvalue weighted by molar-refractivity contribution is -0.182. The Hall–Kier alpha value is -1.59. The molecule has 320 valence electrons. The molecule has 0 radical (unpaired) electrons. The largest absolute Gasteiger partial charge is 0.396 e. The molecule has 2 rings (SSSR count). The molecule has 1 aliphatic rings. The van der Waals surface area contributed by atoms with Gasteiger partial charge in [-0.2, -0.15) is 0 Å². The maximum Gasteiger partial charge on any atom is 0.220 e. The maximum absolute atomic E-state index is 13.0. The number of carbonyl (C=O) groups excluding carboxylic acids is 1. The lowest BCUT2D eigenvalue weighted by atomic mass is 9.81. The van der Waals surface area contributed by atoms with Crippen molar-refractivity contribution >= 4 is 5.91 Å². The van der Waals surface area contributed by atoms with Crippen LogP contribution in [0.2, 0.25) is 0 Å². The van der Waals surface area contributed by atoms with Gasteiger partial charge in [-0.15, -0.1) is 0 Å². The molecule has 0 heterocycles. The zero-order chi connectivity index (χ0) is 39.9. The summed E-state index contributed by atoms with van der Waals surface area (Å²) in [6.45, 7) is 1.70. The number of ether oxygens (including phenoxy) is 1. The Morgan fingerprint density at radius 3 is 1.62 bits per heavy atom. The first-order valence-electron chi connectivity index (χ1n) is 22.7. The predicted molar refractivity (Wildman–Crippen MR) is 223 cm³/mol. The van der Waals surface area contributed by atoms with E-state index in [0.717, 1.165) is 31.2 Å². The lowest BCUT2D eigenvalue weighted by Crippen LogP contribution is -2.57. The van der Waals surface area contributed by atoms with Crippen LogP contribution in [0.1, 0.15) is 186 Å². The number of rotatable bonds is 35. The van der Waals surface area contributed by atoms with Crippen molar-refractivity contribution in [1.82, 2.24) is 5.32 Å². The van der Waals surface area contributed by atoms with Crippen LogP contribution in [0, 0.1) is 5.92 Å². The molecule has 1 aromatic rings. The van der Waals surface area contributed by atoms with Crippen molar-refractivity contribution < 1.29 is 40.2 Å². The predicted octanol–water partition coefficient (Wildman–Crippen LogP) is 8.08. The second-order valence-electron chi connectivity index (χ2n) is 16.7. The van der Waals surface area contributed by atoms with Gasteiger partial charge in [0.05, 0.1) is 31.0 Å². The van der Waals surface area contributed by atoms with E-state index in [1.807, 2.05) is 30.3 Å². The molecule has 7 N–H and O–H groups in total. The lowest BCUT2D eigenvalue weighted by Gasteiger charge is -2.40. The molecule has 0 spiro atoms. The molecule has 0 aliphatic heterocycles. The number of hydrogen-bond donors (Lipinski definition) is 7. The molecular formula is C46H83NO8. The second kappa shape index (κ2) is 32.4. The fourth-order valence-electron chi connectivity index (χ4n) is 8.03. The summed E-state index contributed by atoms with van der Waals surface area (Å²) in [7, 11) is 0. The summed E-state index contributed by atoms with van der Waals surface area (Å²) in [4.78, 5) is 13.0. The SMILES string of the molecule is CCCCCCCCCCCCCCCCCCCCCCCCCC(=O)N[C@@H](COC1CC(CO)C(O)C(O)C1O)[C@H](O)[C@H](O)CCCc1ccccc1. The van der Waals surface area contributed by atoms with E-state index in [2.05, 4.69) is 12.2 Å². The van der Waals surface area contributed by atoms with Crippen molar-refractivity contribution in [2.75, 3.05) is 13.2 Å². The van der Waals surface area contributed by atoms with E-state index in [9.17, 15) is 35.4 Å². The van der Waals surface area contributed by atoms with E-state index < -0.39 is 48.6 Å². The van der Waals surface area contributed by atoms with Crippen LogP contribution in [0.5, 0.6) is 0 Å². The molecule has 0 saturated heterocycles. The van der Waals surface area contributed by atoms with Gasteiger partial charge in [-0.3, -0.25) is 4.79 Å². The van der Waals surface area contributed by atoms with Crippen molar-refractivity contribution in [3.05, 3.63) is 35.9 Å². The van der Waals surface area contributed by atoms with Crippen LogP contribution < -0.4 is 5.32 Å². The number of hydrogen-bond acceptors (Lipinski definition) is 8. The molecule has 5 unspecified atom stereocenters. The Morgan fingerprint density at radius 2 is 1.15 bits per heavy atom. The van der Waals surface area contributed by atoms with E-state index in [-0.39, 0.29) is 25.5 Å². The Bertz CT molecular complexity index is 1030. The van der Waals surface area contributed by atoms with Crippen LogP contribution in [0.3, 0.4) is 0 Å². The molecule has 0 aromatic heterocycles. The summed E-state index contributed by atoms with van der Waals surface area (Å²) in [5.41, 5.74) is 1.14. The number of nitrogens with one attached hydrogen (secondary N) is 1. The van der Waals surface area contributed by atoms with Crippen LogP contribution in [0.25, 0.3) is 0 Å². The van der Waals surface area contributed by atoms with E-state index in [1.165, 1.54) is 128 Å². The number of carbonyl (C=O) groups is 1. The molecule has 1 fully saturated rings. The van der Waals surface area contributed by atoms with Crippen LogP contribution in [-0.4, -0.2) is 92.4 Å². The van der Waals surface area contributed by atoms with Crippen LogP contribution in [-0.2, 0) is 16.0 Å². The third-order valence-electron chi connectivity index (χ3n) is 11.8. The van der Waals surface area contributed by atoms with Crippen molar-refractivity contribution in [2.45, 2.75) is 229 Å². The second-order valence-corrected chi connectivity index (χ2v) is 16.7. The summed E-state index contributed by atoms with van der Waals surface area (Å²) in [6, 6.07) is 8.97. The summed E-state index contributed by atoms with van der Waals surface area (Å²) < 4.78 is 5.89. The van der Waals surface area contributed by atoms with Gasteiger partial charge in [-0.25, -0.2) is 0 Å². The van der Waals surface area contributed by atoms with Gasteiger partial charge in [-0.05, 0) is 37.7 Å². The summed E-state index contributed by atoms with van der Waals surface area (Å²) in [5, 5.41) is 65.4. The van der Waals surface area contributed by atoms with Crippen LogP contribution >= 0.6 is 0 Å². The minimum absolute atomic E-state index is 0.103. The zero-order valence-electron chi connectivity index (χ0n) is 34.7. The summed E-state index contributed by atoms with van der Waals surface area (Å²) in [6.07, 6.45) is 24.8. The topological polar surface area (TPSA) is 160 Å². The van der Waals surface area contributed by atoms with Gasteiger partial charge >= 0.3 is 0 Å². The van der Waals surface area contributed by atoms with E-state index in [4.69, 9.17) is 4.74 Å². The molecule has 1 amide bonds. The Morgan fingerprint density at radius 1 is 0.673 bits per heavy atom. The van der Waals surface area contributed by atoms with Gasteiger partial charge in [0.2, 0.25) is 5.91 Å². The molecule has 1 aliphatic carbocycles. The molecule has 55 heavy (non-hydrogen) atoms. The van der Waals surface area contributed by atoms with Crippen LogP contribution in [0.4, 0.5) is 0 Å². The number of amides is 1. The maximum atomic E-state index is 13.0. The first-order chi connectivity index (χ1) is 26.8. The van der Waals surface area contributed by atoms with E-state index >= 15 is 0 Å². The number of benzene rings is 1. The van der Waals surface area contributed by atoms with Gasteiger partial charge in [-0.1, -0.05) is 179 Å². The number of aryl methyl sites for hydroxylation is 1. The molecule has 0 bridgehead atoms. The third kappa shape index (κ3) is 22.8. The standard InChI is InChI=1S/C46H83NO8/c1-2-3-4-5-6-7-8-9-10-11-12-13-14-15-16-17-18-19-20-21-22-23-27-33-42(50)47-39(36-55-41-34-38(35-48)43(51)46(54)45(41)53)44(52)40(49)32-28-31-37-29-25-24-26-30-37/h24-26,29-30,38-41,43-46,48-49,51-54H,2-23,27-28,31-36H2,1H3,(H,47,50)/t38?,39-,40+,41?,43?,44-,45?,46?/m0/s1. The first-order valence-corrected chi connectivity index (χ1v) is 22.7. The van der Waals surface area contributed by atoms with Gasteiger partial charge in [0.25, 0.3) is 0 Å². The molecule has 1 aromatic carbocycles. The van der Waals surface area contributed by atoms with Crippen LogP contribution in [0.15, 0.2) is 30.3 Å². The van der Waals surface area contributed by atoms with E-state index in [1.54, 1.807) is 0 Å². The first kappa shape index (κ1) is 49.6. The molecule has 9 nitrogen and oxygen atoms in total. The Labute approximate surface area is 335 Å². The molecule has 1 saturated carbocycles. The highest BCUT2D eigenvalue weighted by Crippen LogP contribution is 2.28. The van der Waals surface area contributed by atoms with Crippen molar-refractivity contribution in [3.63, 3.8) is 0 Å². The number of aliphatic hydroxyl groups is 6. The van der Waals surface area contributed by atoms with Gasteiger partial charge in [0.15, 0.2) is 0 Å². The minimum atomic E-state index is -1.49. The monoisotopic (exact) mass is 778 g/mol. The number of aliphatic hydroxyl groups excluding tert-OH is 6. The van der Waals surface area contributed by atoms with Gasteiger partial charge < -0.3 is 40.7 Å². The van der Waals surface area contributed by atoms with Gasteiger partial charge in [0.1, 0.15) is 18.3 Å². The fourth-order valence-corrected chi connectivity index (χ4v) is 8.03. The smallest absolute Gasteiger partial charge is 0.220 e.